The van der Waals surface area contributed by atoms with Crippen molar-refractivity contribution < 1.29 is 18.0 Å². The number of hydrogen-bond donors (Lipinski definition) is 1. The topological polar surface area (TPSA) is 86.8 Å². The third-order valence-electron chi connectivity index (χ3n) is 5.86. The molecule has 0 aromatic heterocycles. The fourth-order valence-corrected chi connectivity index (χ4v) is 5.50. The lowest BCUT2D eigenvalue weighted by molar-refractivity contribution is -0.141. The Morgan fingerprint density at radius 1 is 1.03 bits per heavy atom. The quantitative estimate of drug-likeness (QED) is 0.368. The number of sulfonamides is 1. The molecule has 7 nitrogen and oxygen atoms in total. The van der Waals surface area contributed by atoms with E-state index >= 15 is 0 Å². The average Bonchev–Trinajstić information content (AvgIpc) is 2.82. The number of aryl methyl sites for hydroxylation is 1. The Balaban J connectivity index is 2.27. The van der Waals surface area contributed by atoms with Crippen molar-refractivity contribution in [1.29, 1.82) is 0 Å². The SMILES string of the molecule is CCCNC(=O)C(CC)N(Cc1c(Cl)cccc1Cl)C(=O)CCCN(c1ccccc1C)S(C)(=O)=O. The fraction of sp³-hybridized carbons (Fsp3) is 0.462. The summed E-state index contributed by atoms with van der Waals surface area (Å²) in [6.45, 7) is 6.35. The number of rotatable bonds is 13. The molecule has 198 valence electrons. The Hall–Kier alpha value is -2.29. The van der Waals surface area contributed by atoms with Crippen molar-refractivity contribution in [3.8, 4) is 0 Å². The van der Waals surface area contributed by atoms with Gasteiger partial charge in [0.25, 0.3) is 0 Å². The van der Waals surface area contributed by atoms with Crippen LogP contribution in [-0.2, 0) is 26.2 Å². The molecule has 1 N–H and O–H groups in total. The van der Waals surface area contributed by atoms with E-state index in [1.54, 1.807) is 30.3 Å². The van der Waals surface area contributed by atoms with Crippen molar-refractivity contribution in [2.24, 2.45) is 0 Å². The average molecular weight is 557 g/mol. The Morgan fingerprint density at radius 3 is 2.22 bits per heavy atom. The van der Waals surface area contributed by atoms with Crippen LogP contribution < -0.4 is 9.62 Å². The summed E-state index contributed by atoms with van der Waals surface area (Å²) in [5.74, 6) is -0.517. The molecule has 0 aliphatic heterocycles. The summed E-state index contributed by atoms with van der Waals surface area (Å²) in [5, 5.41) is 3.69. The van der Waals surface area contributed by atoms with Gasteiger partial charge in [-0.2, -0.15) is 0 Å². The highest BCUT2D eigenvalue weighted by Gasteiger charge is 2.29. The summed E-state index contributed by atoms with van der Waals surface area (Å²) in [6.07, 6.45) is 2.66. The van der Waals surface area contributed by atoms with E-state index in [0.29, 0.717) is 34.3 Å². The molecule has 36 heavy (non-hydrogen) atoms. The number of amides is 2. The molecule has 0 saturated heterocycles. The summed E-state index contributed by atoms with van der Waals surface area (Å²) in [5.41, 5.74) is 1.97. The second-order valence-electron chi connectivity index (χ2n) is 8.66. The maximum atomic E-state index is 13.5. The minimum atomic E-state index is -3.55. The van der Waals surface area contributed by atoms with Crippen molar-refractivity contribution in [2.75, 3.05) is 23.7 Å². The first-order valence-corrected chi connectivity index (χ1v) is 14.6. The molecule has 2 amide bonds. The number of nitrogens with zero attached hydrogens (tertiary/aromatic N) is 2. The second kappa shape index (κ2) is 13.9. The van der Waals surface area contributed by atoms with Crippen LogP contribution in [0.3, 0.4) is 0 Å². The zero-order valence-corrected chi connectivity index (χ0v) is 23.6. The first-order chi connectivity index (χ1) is 17.0. The third-order valence-corrected chi connectivity index (χ3v) is 7.75. The Morgan fingerprint density at radius 2 is 1.67 bits per heavy atom. The zero-order chi connectivity index (χ0) is 26.9. The molecule has 0 heterocycles. The molecule has 10 heteroatoms. The van der Waals surface area contributed by atoms with Crippen molar-refractivity contribution in [3.63, 3.8) is 0 Å². The van der Waals surface area contributed by atoms with Crippen LogP contribution in [0.4, 0.5) is 5.69 Å². The summed E-state index contributed by atoms with van der Waals surface area (Å²) in [7, 11) is -3.55. The number of carbonyl (C=O) groups excluding carboxylic acids is 2. The van der Waals surface area contributed by atoms with Crippen LogP contribution >= 0.6 is 23.2 Å². The first kappa shape index (κ1) is 29.9. The predicted octanol–water partition coefficient (Wildman–Crippen LogP) is 5.18. The van der Waals surface area contributed by atoms with Crippen molar-refractivity contribution in [2.45, 2.75) is 59.0 Å². The number of nitrogens with one attached hydrogen (secondary N) is 1. The molecule has 2 rings (SSSR count). The van der Waals surface area contributed by atoms with E-state index in [1.807, 2.05) is 32.9 Å². The minimum absolute atomic E-state index is 0.0531. The number of halogens is 2. The van der Waals surface area contributed by atoms with Crippen molar-refractivity contribution >= 4 is 50.7 Å². The van der Waals surface area contributed by atoms with E-state index in [-0.39, 0.29) is 37.7 Å². The maximum Gasteiger partial charge on any atom is 0.242 e. The molecule has 1 atom stereocenters. The van der Waals surface area contributed by atoms with Crippen LogP contribution in [0.1, 0.15) is 50.7 Å². The van der Waals surface area contributed by atoms with Gasteiger partial charge in [0.05, 0.1) is 11.9 Å². The molecule has 0 aliphatic carbocycles. The molecular formula is C26H35Cl2N3O4S. The van der Waals surface area contributed by atoms with Gasteiger partial charge < -0.3 is 10.2 Å². The molecule has 1 unspecified atom stereocenters. The van der Waals surface area contributed by atoms with E-state index in [1.165, 1.54) is 9.21 Å². The van der Waals surface area contributed by atoms with Gasteiger partial charge in [-0.05, 0) is 49.9 Å². The Kier molecular flexibility index (Phi) is 11.5. The fourth-order valence-electron chi connectivity index (χ4n) is 3.96. The van der Waals surface area contributed by atoms with Gasteiger partial charge in [-0.15, -0.1) is 0 Å². The van der Waals surface area contributed by atoms with Gasteiger partial charge in [0.2, 0.25) is 21.8 Å². The van der Waals surface area contributed by atoms with Crippen LogP contribution in [0.25, 0.3) is 0 Å². The van der Waals surface area contributed by atoms with E-state index < -0.39 is 16.1 Å². The molecule has 0 spiro atoms. The Labute approximate surface area is 224 Å². The molecule has 2 aromatic carbocycles. The van der Waals surface area contributed by atoms with E-state index in [4.69, 9.17) is 23.2 Å². The lowest BCUT2D eigenvalue weighted by Crippen LogP contribution is -2.49. The number of carbonyl (C=O) groups is 2. The standard InChI is InChI=1S/C26H35Cl2N3O4S/c1-5-16-29-26(33)23(6-2)30(18-20-21(27)12-9-13-22(20)28)25(32)15-10-17-31(36(4,34)35)24-14-8-7-11-19(24)3/h7-9,11-14,23H,5-6,10,15-18H2,1-4H3,(H,29,33). The molecule has 0 radical (unpaired) electrons. The summed E-state index contributed by atoms with van der Waals surface area (Å²) in [4.78, 5) is 27.9. The summed E-state index contributed by atoms with van der Waals surface area (Å²) < 4.78 is 26.3. The van der Waals surface area contributed by atoms with Crippen molar-refractivity contribution in [3.05, 3.63) is 63.6 Å². The van der Waals surface area contributed by atoms with Crippen LogP contribution in [0.5, 0.6) is 0 Å². The monoisotopic (exact) mass is 555 g/mol. The highest BCUT2D eigenvalue weighted by Crippen LogP contribution is 2.28. The predicted molar refractivity (Wildman–Crippen MR) is 147 cm³/mol. The lowest BCUT2D eigenvalue weighted by Gasteiger charge is -2.31. The van der Waals surface area contributed by atoms with Gasteiger partial charge in [-0.3, -0.25) is 13.9 Å². The number of anilines is 1. The largest absolute Gasteiger partial charge is 0.354 e. The van der Waals surface area contributed by atoms with Gasteiger partial charge in [0.15, 0.2) is 0 Å². The lowest BCUT2D eigenvalue weighted by atomic mass is 10.1. The molecule has 0 saturated carbocycles. The minimum Gasteiger partial charge on any atom is -0.354 e. The van der Waals surface area contributed by atoms with Gasteiger partial charge in [-0.1, -0.05) is 61.3 Å². The molecule has 2 aromatic rings. The van der Waals surface area contributed by atoms with E-state index in [9.17, 15) is 18.0 Å². The molecule has 0 fully saturated rings. The van der Waals surface area contributed by atoms with Gasteiger partial charge in [0, 0.05) is 41.7 Å². The van der Waals surface area contributed by atoms with Crippen molar-refractivity contribution in [1.82, 2.24) is 10.2 Å². The van der Waals surface area contributed by atoms with Gasteiger partial charge >= 0.3 is 0 Å². The van der Waals surface area contributed by atoms with Gasteiger partial charge in [-0.25, -0.2) is 8.42 Å². The van der Waals surface area contributed by atoms with E-state index in [2.05, 4.69) is 5.32 Å². The first-order valence-electron chi connectivity index (χ1n) is 12.0. The third kappa shape index (κ3) is 8.11. The molecule has 0 aliphatic rings. The maximum absolute atomic E-state index is 13.5. The molecular weight excluding hydrogens is 521 g/mol. The van der Waals surface area contributed by atoms with Gasteiger partial charge in [0.1, 0.15) is 6.04 Å². The normalized spacial score (nSPS) is 12.2. The smallest absolute Gasteiger partial charge is 0.242 e. The highest BCUT2D eigenvalue weighted by molar-refractivity contribution is 7.92. The zero-order valence-electron chi connectivity index (χ0n) is 21.3. The number of benzene rings is 2. The van der Waals surface area contributed by atoms with Crippen LogP contribution in [0, 0.1) is 6.92 Å². The summed E-state index contributed by atoms with van der Waals surface area (Å²) >= 11 is 12.7. The second-order valence-corrected chi connectivity index (χ2v) is 11.4. The number of para-hydroxylation sites is 1. The molecule has 0 bridgehead atoms. The van der Waals surface area contributed by atoms with Crippen LogP contribution in [0.2, 0.25) is 10.0 Å². The Bertz CT molecular complexity index is 1140. The highest BCUT2D eigenvalue weighted by atomic mass is 35.5. The number of hydrogen-bond acceptors (Lipinski definition) is 4. The van der Waals surface area contributed by atoms with Crippen LogP contribution in [-0.4, -0.2) is 50.5 Å². The van der Waals surface area contributed by atoms with E-state index in [0.717, 1.165) is 18.2 Å². The summed E-state index contributed by atoms with van der Waals surface area (Å²) in [6, 6.07) is 11.6. The van der Waals surface area contributed by atoms with Crippen LogP contribution in [0.15, 0.2) is 42.5 Å².